The summed E-state index contributed by atoms with van der Waals surface area (Å²) in [6.45, 7) is 5.41. The number of hydrogen-bond acceptors (Lipinski definition) is 2. The van der Waals surface area contributed by atoms with Gasteiger partial charge in [-0.25, -0.2) is 4.39 Å². The van der Waals surface area contributed by atoms with Crippen molar-refractivity contribution in [2.45, 2.75) is 20.3 Å². The van der Waals surface area contributed by atoms with Crippen LogP contribution in [0.3, 0.4) is 0 Å². The molecule has 0 aliphatic heterocycles. The second-order valence-corrected chi connectivity index (χ2v) is 3.99. The van der Waals surface area contributed by atoms with E-state index in [9.17, 15) is 9.18 Å². The molecule has 0 heterocycles. The van der Waals surface area contributed by atoms with Crippen LogP contribution < -0.4 is 5.73 Å². The van der Waals surface area contributed by atoms with Gasteiger partial charge >= 0.3 is 0 Å². The molecule has 94 valence electrons. The number of amides is 1. The lowest BCUT2D eigenvalue weighted by atomic mass is 10.1. The SMILES string of the molecule is CCN(CCCN)C(=O)c1ccc(F)c(C)c1. The minimum absolute atomic E-state index is 0.0657. The Kier molecular flexibility index (Phi) is 5.10. The maximum absolute atomic E-state index is 13.1. The monoisotopic (exact) mass is 238 g/mol. The molecule has 2 N–H and O–H groups in total. The van der Waals surface area contributed by atoms with E-state index in [4.69, 9.17) is 5.73 Å². The molecule has 1 amide bonds. The number of nitrogens with zero attached hydrogens (tertiary/aromatic N) is 1. The maximum atomic E-state index is 13.1. The first-order chi connectivity index (χ1) is 8.10. The van der Waals surface area contributed by atoms with E-state index in [1.807, 2.05) is 6.92 Å². The lowest BCUT2D eigenvalue weighted by molar-refractivity contribution is 0.0763. The van der Waals surface area contributed by atoms with E-state index in [1.165, 1.54) is 12.1 Å². The highest BCUT2D eigenvalue weighted by molar-refractivity contribution is 5.94. The molecule has 0 radical (unpaired) electrons. The van der Waals surface area contributed by atoms with Crippen LogP contribution in [0.15, 0.2) is 18.2 Å². The summed E-state index contributed by atoms with van der Waals surface area (Å²) in [5.41, 5.74) is 6.45. The molecule has 1 aromatic carbocycles. The molecule has 0 spiro atoms. The van der Waals surface area contributed by atoms with Crippen molar-refractivity contribution in [3.63, 3.8) is 0 Å². The fourth-order valence-electron chi connectivity index (χ4n) is 1.65. The Labute approximate surface area is 101 Å². The third kappa shape index (κ3) is 3.53. The van der Waals surface area contributed by atoms with E-state index >= 15 is 0 Å². The van der Waals surface area contributed by atoms with Gasteiger partial charge in [0, 0.05) is 18.7 Å². The van der Waals surface area contributed by atoms with Crippen LogP contribution in [0.5, 0.6) is 0 Å². The smallest absolute Gasteiger partial charge is 0.253 e. The Bertz CT molecular complexity index is 393. The van der Waals surface area contributed by atoms with Gasteiger partial charge in [0.1, 0.15) is 5.82 Å². The minimum atomic E-state index is -0.286. The lowest BCUT2D eigenvalue weighted by Crippen LogP contribution is -2.32. The number of benzene rings is 1. The highest BCUT2D eigenvalue weighted by atomic mass is 19.1. The summed E-state index contributed by atoms with van der Waals surface area (Å²) in [4.78, 5) is 13.8. The van der Waals surface area contributed by atoms with Gasteiger partial charge in [0.2, 0.25) is 0 Å². The van der Waals surface area contributed by atoms with Gasteiger partial charge in [-0.1, -0.05) is 0 Å². The number of carbonyl (C=O) groups excluding carboxylic acids is 1. The Morgan fingerprint density at radius 1 is 1.47 bits per heavy atom. The topological polar surface area (TPSA) is 46.3 Å². The van der Waals surface area contributed by atoms with Gasteiger partial charge in [-0.2, -0.15) is 0 Å². The Hall–Kier alpha value is -1.42. The Balaban J connectivity index is 2.82. The average molecular weight is 238 g/mol. The van der Waals surface area contributed by atoms with Crippen molar-refractivity contribution in [3.8, 4) is 0 Å². The molecule has 0 bridgehead atoms. The van der Waals surface area contributed by atoms with Crippen molar-refractivity contribution < 1.29 is 9.18 Å². The fraction of sp³-hybridized carbons (Fsp3) is 0.462. The zero-order chi connectivity index (χ0) is 12.8. The van der Waals surface area contributed by atoms with Crippen LogP contribution in [-0.4, -0.2) is 30.4 Å². The van der Waals surface area contributed by atoms with Gasteiger partial charge in [-0.05, 0) is 50.6 Å². The van der Waals surface area contributed by atoms with Crippen molar-refractivity contribution in [2.24, 2.45) is 5.73 Å². The van der Waals surface area contributed by atoms with E-state index in [0.29, 0.717) is 30.8 Å². The molecule has 0 aromatic heterocycles. The molecular formula is C13H19FN2O. The number of aryl methyl sites for hydroxylation is 1. The van der Waals surface area contributed by atoms with Crippen LogP contribution in [0.2, 0.25) is 0 Å². The van der Waals surface area contributed by atoms with Gasteiger partial charge in [0.15, 0.2) is 0 Å². The molecule has 0 fully saturated rings. The zero-order valence-corrected chi connectivity index (χ0v) is 10.4. The van der Waals surface area contributed by atoms with Gasteiger partial charge in [-0.3, -0.25) is 4.79 Å². The predicted octanol–water partition coefficient (Wildman–Crippen LogP) is 1.95. The standard InChI is InChI=1S/C13H19FN2O/c1-3-16(8-4-7-15)13(17)11-5-6-12(14)10(2)9-11/h5-6,9H,3-4,7-8,15H2,1-2H3. The molecule has 0 unspecified atom stereocenters. The van der Waals surface area contributed by atoms with Crippen molar-refractivity contribution in [2.75, 3.05) is 19.6 Å². The first-order valence-corrected chi connectivity index (χ1v) is 5.85. The molecule has 3 nitrogen and oxygen atoms in total. The normalized spacial score (nSPS) is 10.4. The zero-order valence-electron chi connectivity index (χ0n) is 10.4. The molecule has 4 heteroatoms. The van der Waals surface area contributed by atoms with E-state index < -0.39 is 0 Å². The number of halogens is 1. The van der Waals surface area contributed by atoms with Gasteiger partial charge in [-0.15, -0.1) is 0 Å². The number of carbonyl (C=O) groups is 1. The van der Waals surface area contributed by atoms with Crippen LogP contribution in [0.25, 0.3) is 0 Å². The summed E-state index contributed by atoms with van der Waals surface area (Å²) < 4.78 is 13.1. The first kappa shape index (κ1) is 13.6. The second-order valence-electron chi connectivity index (χ2n) is 3.99. The highest BCUT2D eigenvalue weighted by Crippen LogP contribution is 2.11. The molecule has 0 aliphatic carbocycles. The largest absolute Gasteiger partial charge is 0.339 e. The van der Waals surface area contributed by atoms with Crippen molar-refractivity contribution in [1.29, 1.82) is 0 Å². The molecule has 17 heavy (non-hydrogen) atoms. The average Bonchev–Trinajstić information content (AvgIpc) is 2.33. The molecule has 1 aromatic rings. The van der Waals surface area contributed by atoms with E-state index in [-0.39, 0.29) is 11.7 Å². The predicted molar refractivity (Wildman–Crippen MR) is 66.4 cm³/mol. The fourth-order valence-corrected chi connectivity index (χ4v) is 1.65. The third-order valence-electron chi connectivity index (χ3n) is 2.71. The molecule has 0 aliphatic rings. The van der Waals surface area contributed by atoms with Gasteiger partial charge < -0.3 is 10.6 Å². The van der Waals surface area contributed by atoms with Crippen LogP contribution in [0.1, 0.15) is 29.3 Å². The lowest BCUT2D eigenvalue weighted by Gasteiger charge is -2.20. The maximum Gasteiger partial charge on any atom is 0.253 e. The summed E-state index contributed by atoms with van der Waals surface area (Å²) >= 11 is 0. The molecule has 0 saturated carbocycles. The summed E-state index contributed by atoms with van der Waals surface area (Å²) in [7, 11) is 0. The minimum Gasteiger partial charge on any atom is -0.339 e. The van der Waals surface area contributed by atoms with Gasteiger partial charge in [0.25, 0.3) is 5.91 Å². The first-order valence-electron chi connectivity index (χ1n) is 5.85. The number of rotatable bonds is 5. The summed E-state index contributed by atoms with van der Waals surface area (Å²) in [5, 5.41) is 0. The molecule has 1 rings (SSSR count). The van der Waals surface area contributed by atoms with Crippen molar-refractivity contribution in [3.05, 3.63) is 35.1 Å². The van der Waals surface area contributed by atoms with Crippen LogP contribution in [-0.2, 0) is 0 Å². The summed E-state index contributed by atoms with van der Waals surface area (Å²) in [6.07, 6.45) is 0.778. The van der Waals surface area contributed by atoms with Crippen LogP contribution >= 0.6 is 0 Å². The van der Waals surface area contributed by atoms with E-state index in [1.54, 1.807) is 17.9 Å². The van der Waals surface area contributed by atoms with Crippen LogP contribution in [0, 0.1) is 12.7 Å². The van der Waals surface area contributed by atoms with Crippen LogP contribution in [0.4, 0.5) is 4.39 Å². The Morgan fingerprint density at radius 3 is 2.71 bits per heavy atom. The van der Waals surface area contributed by atoms with Crippen molar-refractivity contribution in [1.82, 2.24) is 4.90 Å². The number of hydrogen-bond donors (Lipinski definition) is 1. The summed E-state index contributed by atoms with van der Waals surface area (Å²) in [5.74, 6) is -0.351. The van der Waals surface area contributed by atoms with Crippen molar-refractivity contribution >= 4 is 5.91 Å². The number of nitrogens with two attached hydrogens (primary N) is 1. The second kappa shape index (κ2) is 6.35. The van der Waals surface area contributed by atoms with E-state index in [2.05, 4.69) is 0 Å². The molecule has 0 atom stereocenters. The quantitative estimate of drug-likeness (QED) is 0.852. The third-order valence-corrected chi connectivity index (χ3v) is 2.71. The highest BCUT2D eigenvalue weighted by Gasteiger charge is 2.14. The van der Waals surface area contributed by atoms with Gasteiger partial charge in [0.05, 0.1) is 0 Å². The summed E-state index contributed by atoms with van der Waals surface area (Å²) in [6, 6.07) is 4.44. The van der Waals surface area contributed by atoms with E-state index in [0.717, 1.165) is 6.42 Å². The Morgan fingerprint density at radius 2 is 2.18 bits per heavy atom. The molecule has 0 saturated heterocycles. The molecular weight excluding hydrogens is 219 g/mol.